The highest BCUT2D eigenvalue weighted by atomic mass is 35.5. The summed E-state index contributed by atoms with van der Waals surface area (Å²) >= 11 is 12.0. The van der Waals surface area contributed by atoms with Crippen LogP contribution in [0.4, 0.5) is 0 Å². The average Bonchev–Trinajstić information content (AvgIpc) is 2.61. The van der Waals surface area contributed by atoms with Gasteiger partial charge in [0, 0.05) is 29.6 Å². The van der Waals surface area contributed by atoms with Crippen molar-refractivity contribution in [1.29, 1.82) is 0 Å². The molecule has 24 heavy (non-hydrogen) atoms. The standard InChI is InChI=1S/C20H23Cl2NO/c1-2-23(20(24)19-12-4-3-10-17(19)15-21)13-6-5-8-16-9-7-11-18(22)14-16/h3-4,7,9-12,14H,2,5-6,8,13,15H2,1H3. The Morgan fingerprint density at radius 2 is 1.88 bits per heavy atom. The number of hydrogen-bond donors (Lipinski definition) is 0. The van der Waals surface area contributed by atoms with Crippen molar-refractivity contribution >= 4 is 29.1 Å². The van der Waals surface area contributed by atoms with Crippen LogP contribution in [0.3, 0.4) is 0 Å². The van der Waals surface area contributed by atoms with Crippen molar-refractivity contribution < 1.29 is 4.79 Å². The highest BCUT2D eigenvalue weighted by molar-refractivity contribution is 6.30. The molecule has 0 aromatic heterocycles. The predicted molar refractivity (Wildman–Crippen MR) is 102 cm³/mol. The van der Waals surface area contributed by atoms with E-state index in [4.69, 9.17) is 23.2 Å². The second-order valence-corrected chi connectivity index (χ2v) is 6.47. The first kappa shape index (κ1) is 18.8. The molecule has 0 radical (unpaired) electrons. The number of carbonyl (C=O) groups is 1. The fraction of sp³-hybridized carbons (Fsp3) is 0.350. The number of amides is 1. The fourth-order valence-corrected chi connectivity index (χ4v) is 3.19. The van der Waals surface area contributed by atoms with Gasteiger partial charge in [0.2, 0.25) is 0 Å². The molecule has 0 N–H and O–H groups in total. The molecule has 2 aromatic rings. The molecule has 0 saturated heterocycles. The lowest BCUT2D eigenvalue weighted by molar-refractivity contribution is 0.0761. The molecule has 2 rings (SSSR count). The summed E-state index contributed by atoms with van der Waals surface area (Å²) in [6.45, 7) is 3.47. The second-order valence-electron chi connectivity index (χ2n) is 5.76. The van der Waals surface area contributed by atoms with Gasteiger partial charge in [0.25, 0.3) is 5.91 Å². The summed E-state index contributed by atoms with van der Waals surface area (Å²) in [5.41, 5.74) is 2.84. The molecular weight excluding hydrogens is 341 g/mol. The van der Waals surface area contributed by atoms with Crippen LogP contribution in [-0.4, -0.2) is 23.9 Å². The average molecular weight is 364 g/mol. The van der Waals surface area contributed by atoms with E-state index in [-0.39, 0.29) is 5.91 Å². The van der Waals surface area contributed by atoms with E-state index in [9.17, 15) is 4.79 Å². The topological polar surface area (TPSA) is 20.3 Å². The van der Waals surface area contributed by atoms with Gasteiger partial charge in [0.1, 0.15) is 0 Å². The summed E-state index contributed by atoms with van der Waals surface area (Å²) in [6, 6.07) is 15.5. The van der Waals surface area contributed by atoms with Crippen LogP contribution in [0.1, 0.15) is 41.3 Å². The molecule has 4 heteroatoms. The van der Waals surface area contributed by atoms with Crippen molar-refractivity contribution in [3.8, 4) is 0 Å². The maximum absolute atomic E-state index is 12.7. The molecule has 0 atom stereocenters. The fourth-order valence-electron chi connectivity index (χ4n) is 2.74. The minimum absolute atomic E-state index is 0.0662. The zero-order valence-electron chi connectivity index (χ0n) is 14.0. The number of benzene rings is 2. The number of rotatable bonds is 8. The van der Waals surface area contributed by atoms with Crippen molar-refractivity contribution in [3.05, 3.63) is 70.2 Å². The molecule has 0 aliphatic carbocycles. The van der Waals surface area contributed by atoms with Crippen LogP contribution in [-0.2, 0) is 12.3 Å². The molecule has 2 aromatic carbocycles. The number of nitrogens with zero attached hydrogens (tertiary/aromatic N) is 1. The minimum atomic E-state index is 0.0662. The number of halogens is 2. The molecule has 0 spiro atoms. The number of unbranched alkanes of at least 4 members (excludes halogenated alkanes) is 1. The first-order valence-corrected chi connectivity index (χ1v) is 9.24. The Kier molecular flexibility index (Phi) is 7.61. The van der Waals surface area contributed by atoms with Gasteiger partial charge in [-0.3, -0.25) is 4.79 Å². The highest BCUT2D eigenvalue weighted by Gasteiger charge is 2.16. The van der Waals surface area contributed by atoms with Gasteiger partial charge in [-0.25, -0.2) is 0 Å². The Morgan fingerprint density at radius 3 is 2.58 bits per heavy atom. The summed E-state index contributed by atoms with van der Waals surface area (Å²) in [7, 11) is 0. The number of alkyl halides is 1. The first-order chi connectivity index (χ1) is 11.7. The van der Waals surface area contributed by atoms with E-state index in [1.165, 1.54) is 5.56 Å². The SMILES string of the molecule is CCN(CCCCc1cccc(Cl)c1)C(=O)c1ccccc1CCl. The molecule has 0 aliphatic heterocycles. The smallest absolute Gasteiger partial charge is 0.254 e. The minimum Gasteiger partial charge on any atom is -0.339 e. The van der Waals surface area contributed by atoms with Gasteiger partial charge in [-0.15, -0.1) is 11.6 Å². The van der Waals surface area contributed by atoms with Gasteiger partial charge in [-0.05, 0) is 55.5 Å². The summed E-state index contributed by atoms with van der Waals surface area (Å²) < 4.78 is 0. The van der Waals surface area contributed by atoms with Crippen LogP contribution in [0.2, 0.25) is 5.02 Å². The zero-order chi connectivity index (χ0) is 17.4. The lowest BCUT2D eigenvalue weighted by atomic mass is 10.1. The van der Waals surface area contributed by atoms with Crippen LogP contribution in [0.5, 0.6) is 0 Å². The molecule has 1 amide bonds. The van der Waals surface area contributed by atoms with Gasteiger partial charge < -0.3 is 4.90 Å². The molecule has 0 heterocycles. The molecule has 0 aliphatic rings. The molecule has 0 fully saturated rings. The molecule has 2 nitrogen and oxygen atoms in total. The molecule has 0 saturated carbocycles. The van der Waals surface area contributed by atoms with E-state index in [0.29, 0.717) is 18.0 Å². The Labute approximate surface area is 154 Å². The third kappa shape index (κ3) is 5.25. The van der Waals surface area contributed by atoms with Gasteiger partial charge in [0.05, 0.1) is 0 Å². The monoisotopic (exact) mass is 363 g/mol. The number of aryl methyl sites for hydroxylation is 1. The maximum atomic E-state index is 12.7. The van der Waals surface area contributed by atoms with Crippen LogP contribution < -0.4 is 0 Å². The van der Waals surface area contributed by atoms with Crippen LogP contribution in [0, 0.1) is 0 Å². The maximum Gasteiger partial charge on any atom is 0.254 e. The Morgan fingerprint density at radius 1 is 1.08 bits per heavy atom. The largest absolute Gasteiger partial charge is 0.339 e. The van der Waals surface area contributed by atoms with Crippen molar-refractivity contribution in [2.75, 3.05) is 13.1 Å². The molecular formula is C20H23Cl2NO. The van der Waals surface area contributed by atoms with E-state index >= 15 is 0 Å². The summed E-state index contributed by atoms with van der Waals surface area (Å²) in [6.07, 6.45) is 2.97. The molecule has 0 bridgehead atoms. The second kappa shape index (κ2) is 9.71. The first-order valence-electron chi connectivity index (χ1n) is 8.33. The van der Waals surface area contributed by atoms with Crippen molar-refractivity contribution in [3.63, 3.8) is 0 Å². The summed E-state index contributed by atoms with van der Waals surface area (Å²) in [5.74, 6) is 0.422. The lowest BCUT2D eigenvalue weighted by Crippen LogP contribution is -2.32. The Hall–Kier alpha value is -1.51. The van der Waals surface area contributed by atoms with Crippen LogP contribution in [0.25, 0.3) is 0 Å². The van der Waals surface area contributed by atoms with Gasteiger partial charge >= 0.3 is 0 Å². The van der Waals surface area contributed by atoms with Crippen LogP contribution in [0.15, 0.2) is 48.5 Å². The van der Waals surface area contributed by atoms with E-state index in [1.54, 1.807) is 0 Å². The van der Waals surface area contributed by atoms with Gasteiger partial charge in [0.15, 0.2) is 0 Å². The van der Waals surface area contributed by atoms with Crippen molar-refractivity contribution in [2.45, 2.75) is 32.1 Å². The molecule has 0 unspecified atom stereocenters. The number of hydrogen-bond acceptors (Lipinski definition) is 1. The molecule has 128 valence electrons. The quantitative estimate of drug-likeness (QED) is 0.443. The Balaban J connectivity index is 1.88. The predicted octanol–water partition coefficient (Wildman–Crippen LogP) is 5.56. The van der Waals surface area contributed by atoms with Gasteiger partial charge in [-0.1, -0.05) is 41.9 Å². The third-order valence-electron chi connectivity index (χ3n) is 4.09. The van der Waals surface area contributed by atoms with E-state index in [1.807, 2.05) is 54.3 Å². The summed E-state index contributed by atoms with van der Waals surface area (Å²) in [4.78, 5) is 14.6. The van der Waals surface area contributed by atoms with Gasteiger partial charge in [-0.2, -0.15) is 0 Å². The third-order valence-corrected chi connectivity index (χ3v) is 4.62. The van der Waals surface area contributed by atoms with Crippen molar-refractivity contribution in [2.24, 2.45) is 0 Å². The Bertz CT molecular complexity index is 672. The van der Waals surface area contributed by atoms with E-state index in [0.717, 1.165) is 36.4 Å². The highest BCUT2D eigenvalue weighted by Crippen LogP contribution is 2.16. The lowest BCUT2D eigenvalue weighted by Gasteiger charge is -2.22. The zero-order valence-corrected chi connectivity index (χ0v) is 15.5. The number of carbonyl (C=O) groups excluding carboxylic acids is 1. The summed E-state index contributed by atoms with van der Waals surface area (Å²) in [5, 5.41) is 0.774. The van der Waals surface area contributed by atoms with E-state index < -0.39 is 0 Å². The van der Waals surface area contributed by atoms with Crippen LogP contribution >= 0.6 is 23.2 Å². The van der Waals surface area contributed by atoms with E-state index in [2.05, 4.69) is 6.07 Å². The normalized spacial score (nSPS) is 10.6. The van der Waals surface area contributed by atoms with Crippen molar-refractivity contribution in [1.82, 2.24) is 4.90 Å².